The fourth-order valence-electron chi connectivity index (χ4n) is 3.19. The van der Waals surface area contributed by atoms with Gasteiger partial charge in [-0.1, -0.05) is 0 Å². The molecule has 0 spiro atoms. The maximum absolute atomic E-state index is 11.9. The first kappa shape index (κ1) is 14.5. The minimum atomic E-state index is -0.923. The van der Waals surface area contributed by atoms with Crippen LogP contribution in [-0.2, 0) is 10.3 Å². The molecule has 0 saturated carbocycles. The fraction of sp³-hybridized carbons (Fsp3) is 0.467. The highest BCUT2D eigenvalue weighted by molar-refractivity contribution is 5.77. The van der Waals surface area contributed by atoms with E-state index in [-0.39, 0.29) is 0 Å². The molecule has 0 bridgehead atoms. The van der Waals surface area contributed by atoms with E-state index in [9.17, 15) is 9.90 Å². The van der Waals surface area contributed by atoms with Crippen LogP contribution in [-0.4, -0.2) is 43.7 Å². The van der Waals surface area contributed by atoms with Crippen molar-refractivity contribution < 1.29 is 9.90 Å². The Kier molecular flexibility index (Phi) is 3.56. The number of piperidine rings is 1. The average molecular weight is 301 g/mol. The van der Waals surface area contributed by atoms with Crippen LogP contribution in [0, 0.1) is 13.8 Å². The second-order valence-electron chi connectivity index (χ2n) is 5.63. The smallest absolute Gasteiger partial charge is 0.330 e. The van der Waals surface area contributed by atoms with Crippen LogP contribution in [0.25, 0.3) is 0 Å². The highest BCUT2D eigenvalue weighted by atomic mass is 16.4. The first-order chi connectivity index (χ1) is 10.5. The molecule has 3 heterocycles. The molecule has 0 aliphatic carbocycles. The van der Waals surface area contributed by atoms with Crippen LogP contribution in [0.15, 0.2) is 24.8 Å². The number of aliphatic carboxylic acids is 1. The van der Waals surface area contributed by atoms with Crippen LogP contribution in [0.2, 0.25) is 0 Å². The summed E-state index contributed by atoms with van der Waals surface area (Å²) in [6.07, 6.45) is 7.76. The highest BCUT2D eigenvalue weighted by Gasteiger charge is 2.44. The van der Waals surface area contributed by atoms with Crippen LogP contribution in [0.3, 0.4) is 0 Å². The van der Waals surface area contributed by atoms with Crippen LogP contribution in [0.5, 0.6) is 0 Å². The summed E-state index contributed by atoms with van der Waals surface area (Å²) >= 11 is 0. The molecule has 1 aliphatic heterocycles. The van der Waals surface area contributed by atoms with Crippen molar-refractivity contribution in [2.24, 2.45) is 0 Å². The Morgan fingerprint density at radius 1 is 1.14 bits per heavy atom. The molecule has 1 N–H and O–H groups in total. The number of carboxylic acid groups (broad SMARTS) is 1. The first-order valence-corrected chi connectivity index (χ1v) is 7.31. The van der Waals surface area contributed by atoms with Gasteiger partial charge < -0.3 is 14.6 Å². The number of hydrogen-bond acceptors (Lipinski definition) is 5. The van der Waals surface area contributed by atoms with Crippen LogP contribution >= 0.6 is 0 Å². The van der Waals surface area contributed by atoms with Crippen molar-refractivity contribution in [3.8, 4) is 0 Å². The van der Waals surface area contributed by atoms with Crippen LogP contribution in [0.1, 0.15) is 24.4 Å². The van der Waals surface area contributed by atoms with Gasteiger partial charge in [-0.25, -0.2) is 14.8 Å². The van der Waals surface area contributed by atoms with Gasteiger partial charge in [0.1, 0.15) is 17.2 Å². The van der Waals surface area contributed by atoms with Gasteiger partial charge in [0.15, 0.2) is 0 Å². The summed E-state index contributed by atoms with van der Waals surface area (Å²) in [5, 5.41) is 9.80. The molecular weight excluding hydrogens is 282 g/mol. The van der Waals surface area contributed by atoms with E-state index >= 15 is 0 Å². The van der Waals surface area contributed by atoms with E-state index in [1.54, 1.807) is 29.4 Å². The molecule has 0 radical (unpaired) electrons. The second-order valence-corrected chi connectivity index (χ2v) is 5.63. The molecule has 2 aromatic heterocycles. The summed E-state index contributed by atoms with van der Waals surface area (Å²) in [6, 6.07) is 0. The lowest BCUT2D eigenvalue weighted by Gasteiger charge is -2.40. The molecule has 116 valence electrons. The number of aromatic nitrogens is 4. The minimum Gasteiger partial charge on any atom is -0.479 e. The Morgan fingerprint density at radius 2 is 1.82 bits per heavy atom. The molecule has 1 aliphatic rings. The van der Waals surface area contributed by atoms with E-state index in [2.05, 4.69) is 19.9 Å². The summed E-state index contributed by atoms with van der Waals surface area (Å²) in [7, 11) is 0. The van der Waals surface area contributed by atoms with Gasteiger partial charge in [0.25, 0.3) is 0 Å². The van der Waals surface area contributed by atoms with E-state index in [0.717, 1.165) is 17.3 Å². The molecule has 1 fully saturated rings. The zero-order valence-electron chi connectivity index (χ0n) is 12.7. The molecule has 0 unspecified atom stereocenters. The van der Waals surface area contributed by atoms with Crippen molar-refractivity contribution in [3.05, 3.63) is 36.3 Å². The predicted molar refractivity (Wildman–Crippen MR) is 80.8 cm³/mol. The maximum Gasteiger partial charge on any atom is 0.330 e. The third kappa shape index (κ3) is 2.22. The van der Waals surface area contributed by atoms with Gasteiger partial charge in [-0.2, -0.15) is 0 Å². The van der Waals surface area contributed by atoms with Crippen molar-refractivity contribution in [1.82, 2.24) is 19.5 Å². The lowest BCUT2D eigenvalue weighted by Crippen LogP contribution is -2.51. The number of hydrogen-bond donors (Lipinski definition) is 1. The van der Waals surface area contributed by atoms with E-state index in [1.807, 2.05) is 13.8 Å². The summed E-state index contributed by atoms with van der Waals surface area (Å²) in [4.78, 5) is 26.8. The Morgan fingerprint density at radius 3 is 2.36 bits per heavy atom. The zero-order valence-corrected chi connectivity index (χ0v) is 12.7. The lowest BCUT2D eigenvalue weighted by atomic mass is 9.87. The van der Waals surface area contributed by atoms with Crippen molar-refractivity contribution in [2.45, 2.75) is 32.2 Å². The van der Waals surface area contributed by atoms with Crippen LogP contribution in [0.4, 0.5) is 5.82 Å². The summed E-state index contributed by atoms with van der Waals surface area (Å²) in [5.74, 6) is 0.763. The van der Waals surface area contributed by atoms with Crippen molar-refractivity contribution in [2.75, 3.05) is 18.0 Å². The minimum absolute atomic E-state index is 0.509. The van der Waals surface area contributed by atoms with E-state index < -0.39 is 11.5 Å². The van der Waals surface area contributed by atoms with E-state index in [4.69, 9.17) is 0 Å². The van der Waals surface area contributed by atoms with Crippen LogP contribution < -0.4 is 4.90 Å². The van der Waals surface area contributed by atoms with E-state index in [1.165, 1.54) is 0 Å². The molecule has 0 atom stereocenters. The SMILES string of the molecule is Cc1nccnc1N1CCC(C(=O)O)(n2ccnc2C)CC1. The maximum atomic E-state index is 11.9. The Balaban J connectivity index is 1.87. The number of nitrogens with zero attached hydrogens (tertiary/aromatic N) is 5. The Labute approximate surface area is 128 Å². The topological polar surface area (TPSA) is 84.1 Å². The van der Waals surface area contributed by atoms with Crippen molar-refractivity contribution in [3.63, 3.8) is 0 Å². The van der Waals surface area contributed by atoms with Gasteiger partial charge in [-0.15, -0.1) is 0 Å². The van der Waals surface area contributed by atoms with Gasteiger partial charge in [-0.05, 0) is 26.7 Å². The number of rotatable bonds is 3. The molecular formula is C15H19N5O2. The number of carboxylic acids is 1. The second kappa shape index (κ2) is 5.40. The Bertz CT molecular complexity index is 689. The fourth-order valence-corrected chi connectivity index (χ4v) is 3.19. The molecule has 0 aromatic carbocycles. The monoisotopic (exact) mass is 301 g/mol. The molecule has 1 saturated heterocycles. The Hall–Kier alpha value is -2.44. The van der Waals surface area contributed by atoms with Gasteiger partial charge in [0.05, 0.1) is 5.69 Å². The summed E-state index contributed by atoms with van der Waals surface area (Å²) in [6.45, 7) is 5.01. The molecule has 7 heteroatoms. The summed E-state index contributed by atoms with van der Waals surface area (Å²) in [5.41, 5.74) is -0.0585. The molecule has 0 amide bonds. The van der Waals surface area contributed by atoms with Gasteiger partial charge in [-0.3, -0.25) is 4.98 Å². The normalized spacial score (nSPS) is 17.5. The first-order valence-electron chi connectivity index (χ1n) is 7.31. The highest BCUT2D eigenvalue weighted by Crippen LogP contribution is 2.33. The quantitative estimate of drug-likeness (QED) is 0.921. The number of aryl methyl sites for hydroxylation is 2. The van der Waals surface area contributed by atoms with Gasteiger partial charge in [0.2, 0.25) is 0 Å². The average Bonchev–Trinajstić information content (AvgIpc) is 2.94. The third-order valence-corrected chi connectivity index (χ3v) is 4.43. The van der Waals surface area contributed by atoms with Gasteiger partial charge in [0, 0.05) is 37.9 Å². The van der Waals surface area contributed by atoms with Gasteiger partial charge >= 0.3 is 5.97 Å². The summed E-state index contributed by atoms with van der Waals surface area (Å²) < 4.78 is 1.79. The molecule has 2 aromatic rings. The van der Waals surface area contributed by atoms with E-state index in [0.29, 0.717) is 25.9 Å². The molecule has 22 heavy (non-hydrogen) atoms. The zero-order chi connectivity index (χ0) is 15.7. The standard InChI is InChI=1S/C15H19N5O2/c1-11-13(18-6-5-16-11)19-8-3-15(4-9-19,14(21)22)20-10-7-17-12(20)2/h5-7,10H,3-4,8-9H2,1-2H3,(H,21,22). The number of anilines is 1. The number of carbonyl (C=O) groups is 1. The van der Waals surface area contributed by atoms with Crippen molar-refractivity contribution >= 4 is 11.8 Å². The third-order valence-electron chi connectivity index (χ3n) is 4.43. The number of imidazole rings is 1. The molecule has 3 rings (SSSR count). The molecule has 7 nitrogen and oxygen atoms in total. The predicted octanol–water partition coefficient (Wildman–Crippen LogP) is 1.37. The lowest BCUT2D eigenvalue weighted by molar-refractivity contribution is -0.149. The largest absolute Gasteiger partial charge is 0.479 e. The van der Waals surface area contributed by atoms with Crippen molar-refractivity contribution in [1.29, 1.82) is 0 Å².